The standard InChI is InChI=1S/C6H7BrN2O3S/c1-4-5(7)2-3-6(8-4)9-13(10,11)12/h2-3H,1H3,(H,8,9)(H,10,11,12). The third-order valence-electron chi connectivity index (χ3n) is 1.25. The molecular weight excluding hydrogens is 260 g/mol. The van der Waals surface area contributed by atoms with Gasteiger partial charge < -0.3 is 0 Å². The van der Waals surface area contributed by atoms with E-state index >= 15 is 0 Å². The number of nitrogens with one attached hydrogen (secondary N) is 1. The molecule has 13 heavy (non-hydrogen) atoms. The zero-order valence-corrected chi connectivity index (χ0v) is 9.05. The molecule has 0 spiro atoms. The second kappa shape index (κ2) is 3.60. The molecule has 0 radical (unpaired) electrons. The lowest BCUT2D eigenvalue weighted by atomic mass is 10.4. The number of pyridine rings is 1. The molecule has 1 heterocycles. The summed E-state index contributed by atoms with van der Waals surface area (Å²) in [5.41, 5.74) is 0.633. The topological polar surface area (TPSA) is 79.3 Å². The molecule has 0 amide bonds. The molecule has 7 heteroatoms. The predicted molar refractivity (Wildman–Crippen MR) is 51.8 cm³/mol. The summed E-state index contributed by atoms with van der Waals surface area (Å²) in [5, 5.41) is 0. The number of hydrogen-bond donors (Lipinski definition) is 2. The van der Waals surface area contributed by atoms with Crippen LogP contribution in [0, 0.1) is 6.92 Å². The highest BCUT2D eigenvalue weighted by atomic mass is 79.9. The molecule has 0 fully saturated rings. The van der Waals surface area contributed by atoms with Crippen molar-refractivity contribution in [3.8, 4) is 0 Å². The van der Waals surface area contributed by atoms with Crippen LogP contribution in [-0.2, 0) is 10.3 Å². The van der Waals surface area contributed by atoms with Crippen molar-refractivity contribution < 1.29 is 13.0 Å². The van der Waals surface area contributed by atoms with Crippen molar-refractivity contribution in [3.63, 3.8) is 0 Å². The quantitative estimate of drug-likeness (QED) is 0.793. The maximum atomic E-state index is 10.4. The van der Waals surface area contributed by atoms with Crippen LogP contribution in [0.25, 0.3) is 0 Å². The van der Waals surface area contributed by atoms with Gasteiger partial charge in [0.1, 0.15) is 5.82 Å². The predicted octanol–water partition coefficient (Wildman–Crippen LogP) is 1.37. The summed E-state index contributed by atoms with van der Waals surface area (Å²) < 4.78 is 31.8. The Labute approximate surface area is 84.2 Å². The molecular formula is C6H7BrN2O3S. The fraction of sp³-hybridized carbons (Fsp3) is 0.167. The Morgan fingerprint density at radius 2 is 2.15 bits per heavy atom. The Balaban J connectivity index is 2.99. The minimum Gasteiger partial charge on any atom is -0.269 e. The van der Waals surface area contributed by atoms with Gasteiger partial charge in [-0.05, 0) is 35.0 Å². The number of halogens is 1. The summed E-state index contributed by atoms with van der Waals surface area (Å²) in [6, 6.07) is 3.07. The first-order valence-electron chi connectivity index (χ1n) is 3.27. The fourth-order valence-corrected chi connectivity index (χ4v) is 1.33. The van der Waals surface area contributed by atoms with Crippen molar-refractivity contribution in [1.29, 1.82) is 0 Å². The third-order valence-corrected chi connectivity index (χ3v) is 2.56. The number of hydrogen-bond acceptors (Lipinski definition) is 3. The number of aryl methyl sites for hydroxylation is 1. The lowest BCUT2D eigenvalue weighted by molar-refractivity contribution is 0.489. The minimum absolute atomic E-state index is 0.0863. The van der Waals surface area contributed by atoms with Crippen molar-refractivity contribution in [3.05, 3.63) is 22.3 Å². The Hall–Kier alpha value is -0.660. The maximum absolute atomic E-state index is 10.4. The molecule has 2 N–H and O–H groups in total. The van der Waals surface area contributed by atoms with E-state index in [1.165, 1.54) is 6.07 Å². The van der Waals surface area contributed by atoms with Gasteiger partial charge in [-0.3, -0.25) is 4.55 Å². The molecule has 1 rings (SSSR count). The van der Waals surface area contributed by atoms with Crippen LogP contribution in [0.15, 0.2) is 16.6 Å². The van der Waals surface area contributed by atoms with Crippen molar-refractivity contribution in [1.82, 2.24) is 4.98 Å². The van der Waals surface area contributed by atoms with Crippen LogP contribution in [0.5, 0.6) is 0 Å². The van der Waals surface area contributed by atoms with E-state index in [4.69, 9.17) is 4.55 Å². The number of anilines is 1. The Morgan fingerprint density at radius 3 is 2.62 bits per heavy atom. The van der Waals surface area contributed by atoms with E-state index in [1.54, 1.807) is 13.0 Å². The highest BCUT2D eigenvalue weighted by Crippen LogP contribution is 2.16. The van der Waals surface area contributed by atoms with Gasteiger partial charge in [0.25, 0.3) is 0 Å². The van der Waals surface area contributed by atoms with Crippen molar-refractivity contribution >= 4 is 32.1 Å². The molecule has 1 aromatic rings. The van der Waals surface area contributed by atoms with E-state index in [-0.39, 0.29) is 5.82 Å². The highest BCUT2D eigenvalue weighted by Gasteiger charge is 2.05. The first kappa shape index (κ1) is 10.4. The van der Waals surface area contributed by atoms with Gasteiger partial charge in [-0.15, -0.1) is 0 Å². The van der Waals surface area contributed by atoms with E-state index in [0.717, 1.165) is 4.47 Å². The average molecular weight is 267 g/mol. The molecule has 72 valence electrons. The molecule has 1 aromatic heterocycles. The third kappa shape index (κ3) is 3.29. The fourth-order valence-electron chi connectivity index (χ4n) is 0.733. The summed E-state index contributed by atoms with van der Waals surface area (Å²) in [5.74, 6) is 0.0863. The Morgan fingerprint density at radius 1 is 1.54 bits per heavy atom. The maximum Gasteiger partial charge on any atom is 0.358 e. The SMILES string of the molecule is Cc1nc(NS(=O)(=O)O)ccc1Br. The van der Waals surface area contributed by atoms with E-state index < -0.39 is 10.3 Å². The highest BCUT2D eigenvalue weighted by molar-refractivity contribution is 9.10. The van der Waals surface area contributed by atoms with Gasteiger partial charge in [-0.2, -0.15) is 8.42 Å². The van der Waals surface area contributed by atoms with Gasteiger partial charge in [-0.25, -0.2) is 9.71 Å². The Kier molecular flexibility index (Phi) is 2.89. The molecule has 0 aromatic carbocycles. The normalized spacial score (nSPS) is 11.3. The molecule has 0 atom stereocenters. The van der Waals surface area contributed by atoms with Crippen molar-refractivity contribution in [2.45, 2.75) is 6.92 Å². The average Bonchev–Trinajstić information content (AvgIpc) is 1.94. The molecule has 0 unspecified atom stereocenters. The molecule has 0 bridgehead atoms. The van der Waals surface area contributed by atoms with Crippen LogP contribution in [0.1, 0.15) is 5.69 Å². The molecule has 5 nitrogen and oxygen atoms in total. The number of nitrogens with zero attached hydrogens (tertiary/aromatic N) is 1. The smallest absolute Gasteiger partial charge is 0.269 e. The van der Waals surface area contributed by atoms with Crippen LogP contribution in [0.3, 0.4) is 0 Å². The zero-order valence-electron chi connectivity index (χ0n) is 6.65. The van der Waals surface area contributed by atoms with E-state index in [9.17, 15) is 8.42 Å². The summed E-state index contributed by atoms with van der Waals surface area (Å²) in [7, 11) is -4.23. The molecule has 0 aliphatic carbocycles. The van der Waals surface area contributed by atoms with E-state index in [2.05, 4.69) is 20.9 Å². The summed E-state index contributed by atoms with van der Waals surface area (Å²) in [6.07, 6.45) is 0. The van der Waals surface area contributed by atoms with Gasteiger partial charge >= 0.3 is 10.3 Å². The van der Waals surface area contributed by atoms with Crippen LogP contribution in [0.2, 0.25) is 0 Å². The molecule has 0 aliphatic rings. The van der Waals surface area contributed by atoms with Gasteiger partial charge in [-0.1, -0.05) is 0 Å². The van der Waals surface area contributed by atoms with Crippen LogP contribution >= 0.6 is 15.9 Å². The first-order chi connectivity index (χ1) is 5.88. The van der Waals surface area contributed by atoms with Crippen LogP contribution in [0.4, 0.5) is 5.82 Å². The molecule has 0 aliphatic heterocycles. The van der Waals surface area contributed by atoms with Gasteiger partial charge in [0.15, 0.2) is 0 Å². The largest absolute Gasteiger partial charge is 0.358 e. The van der Waals surface area contributed by atoms with Gasteiger partial charge in [0.05, 0.1) is 5.69 Å². The van der Waals surface area contributed by atoms with Crippen LogP contribution in [-0.4, -0.2) is 18.0 Å². The van der Waals surface area contributed by atoms with Crippen molar-refractivity contribution in [2.75, 3.05) is 4.72 Å². The monoisotopic (exact) mass is 266 g/mol. The zero-order chi connectivity index (χ0) is 10.1. The second-order valence-electron chi connectivity index (χ2n) is 2.34. The molecule has 0 saturated carbocycles. The van der Waals surface area contributed by atoms with Crippen molar-refractivity contribution in [2.24, 2.45) is 0 Å². The summed E-state index contributed by atoms with van der Waals surface area (Å²) in [4.78, 5) is 3.86. The van der Waals surface area contributed by atoms with Gasteiger partial charge in [0.2, 0.25) is 0 Å². The number of aromatic nitrogens is 1. The Bertz CT molecular complexity index is 418. The molecule has 0 saturated heterocycles. The minimum atomic E-state index is -4.23. The van der Waals surface area contributed by atoms with E-state index in [0.29, 0.717) is 5.69 Å². The lowest BCUT2D eigenvalue weighted by Crippen LogP contribution is -2.11. The second-order valence-corrected chi connectivity index (χ2v) is 4.35. The summed E-state index contributed by atoms with van der Waals surface area (Å²) >= 11 is 3.21. The first-order valence-corrected chi connectivity index (χ1v) is 5.50. The number of rotatable bonds is 2. The van der Waals surface area contributed by atoms with Gasteiger partial charge in [0, 0.05) is 4.47 Å². The van der Waals surface area contributed by atoms with Crippen LogP contribution < -0.4 is 4.72 Å². The lowest BCUT2D eigenvalue weighted by Gasteiger charge is -2.03. The summed E-state index contributed by atoms with van der Waals surface area (Å²) in [6.45, 7) is 1.71. The van der Waals surface area contributed by atoms with E-state index in [1.807, 2.05) is 4.72 Å².